The highest BCUT2D eigenvalue weighted by molar-refractivity contribution is 6.02. The normalized spacial score (nSPS) is 11.8. The Morgan fingerprint density at radius 2 is 1.84 bits per heavy atom. The van der Waals surface area contributed by atoms with Crippen molar-refractivity contribution in [2.75, 3.05) is 5.32 Å². The van der Waals surface area contributed by atoms with Crippen molar-refractivity contribution in [2.24, 2.45) is 0 Å². The van der Waals surface area contributed by atoms with Crippen molar-refractivity contribution < 1.29 is 18.0 Å². The van der Waals surface area contributed by atoms with E-state index in [0.29, 0.717) is 11.0 Å². The first-order valence-electron chi connectivity index (χ1n) is 9.30. The molecule has 0 atom stereocenters. The van der Waals surface area contributed by atoms with Crippen LogP contribution in [0.3, 0.4) is 0 Å². The van der Waals surface area contributed by atoms with Crippen molar-refractivity contribution in [1.82, 2.24) is 19.4 Å². The molecule has 0 bridgehead atoms. The number of hydrogen-bond donors (Lipinski definition) is 2. The highest BCUT2D eigenvalue weighted by Crippen LogP contribution is 2.37. The quantitative estimate of drug-likeness (QED) is 0.423. The number of H-pyrrole nitrogens is 1. The van der Waals surface area contributed by atoms with Crippen LogP contribution in [0.1, 0.15) is 16.2 Å². The minimum absolute atomic E-state index is 0.0300. The van der Waals surface area contributed by atoms with Crippen molar-refractivity contribution in [1.29, 1.82) is 0 Å². The minimum atomic E-state index is -4.48. The van der Waals surface area contributed by atoms with E-state index in [9.17, 15) is 18.0 Å². The molecule has 154 valence electrons. The molecule has 1 amide bonds. The zero-order chi connectivity index (χ0) is 21.6. The molecule has 5 rings (SSSR count). The maximum atomic E-state index is 13.4. The van der Waals surface area contributed by atoms with Crippen LogP contribution in [0.5, 0.6) is 0 Å². The van der Waals surface area contributed by atoms with Gasteiger partial charge in [-0.3, -0.25) is 9.20 Å². The number of alkyl halides is 3. The Morgan fingerprint density at radius 3 is 2.68 bits per heavy atom. The molecule has 31 heavy (non-hydrogen) atoms. The van der Waals surface area contributed by atoms with Crippen LogP contribution in [0, 0.1) is 0 Å². The number of fused-ring (bicyclic) bond motifs is 2. The lowest BCUT2D eigenvalue weighted by atomic mass is 10.0. The lowest BCUT2D eigenvalue weighted by Crippen LogP contribution is -2.16. The second-order valence-electron chi connectivity index (χ2n) is 6.89. The number of halogens is 3. The highest BCUT2D eigenvalue weighted by atomic mass is 19.4. The van der Waals surface area contributed by atoms with Gasteiger partial charge >= 0.3 is 6.18 Å². The third kappa shape index (κ3) is 3.39. The predicted molar refractivity (Wildman–Crippen MR) is 110 cm³/mol. The molecule has 6 nitrogen and oxygen atoms in total. The predicted octanol–water partition coefficient (Wildman–Crippen LogP) is 5.15. The van der Waals surface area contributed by atoms with Crippen LogP contribution in [0.4, 0.5) is 19.0 Å². The van der Waals surface area contributed by atoms with Crippen molar-refractivity contribution >= 4 is 28.3 Å². The summed E-state index contributed by atoms with van der Waals surface area (Å²) in [5.41, 5.74) is 0.716. The average molecular weight is 421 g/mol. The number of carbonyl (C=O) groups is 1. The molecule has 1 aromatic carbocycles. The number of rotatable bonds is 3. The Bertz CT molecular complexity index is 1430. The van der Waals surface area contributed by atoms with Crippen molar-refractivity contribution in [2.45, 2.75) is 6.18 Å². The van der Waals surface area contributed by atoms with Gasteiger partial charge in [0, 0.05) is 22.8 Å². The number of aromatic nitrogens is 4. The van der Waals surface area contributed by atoms with E-state index in [-0.39, 0.29) is 22.9 Å². The number of nitrogens with one attached hydrogen (secondary N) is 2. The van der Waals surface area contributed by atoms with E-state index in [1.807, 2.05) is 12.1 Å². The molecule has 4 heterocycles. The van der Waals surface area contributed by atoms with Gasteiger partial charge in [-0.15, -0.1) is 0 Å². The van der Waals surface area contributed by atoms with Crippen LogP contribution in [-0.2, 0) is 6.18 Å². The molecule has 0 aliphatic carbocycles. The molecule has 0 unspecified atom stereocenters. The number of benzene rings is 1. The summed E-state index contributed by atoms with van der Waals surface area (Å²) < 4.78 is 41.7. The fourth-order valence-corrected chi connectivity index (χ4v) is 3.47. The third-order valence-corrected chi connectivity index (χ3v) is 4.89. The van der Waals surface area contributed by atoms with Gasteiger partial charge in [0.1, 0.15) is 11.5 Å². The number of amides is 1. The van der Waals surface area contributed by atoms with Gasteiger partial charge in [0.25, 0.3) is 5.91 Å². The SMILES string of the molecule is O=C(Nc1ccc2cc(-c3ccccc3C(F)(F)F)[nH]c2n1)c1ncc2ccccn12. The number of aromatic amines is 1. The maximum Gasteiger partial charge on any atom is 0.417 e. The summed E-state index contributed by atoms with van der Waals surface area (Å²) in [6, 6.07) is 15.6. The van der Waals surface area contributed by atoms with Crippen molar-refractivity contribution in [3.05, 3.63) is 84.4 Å². The summed E-state index contributed by atoms with van der Waals surface area (Å²) in [6.45, 7) is 0. The van der Waals surface area contributed by atoms with Gasteiger partial charge in [-0.1, -0.05) is 24.3 Å². The van der Waals surface area contributed by atoms with E-state index >= 15 is 0 Å². The molecular formula is C22H14F3N5O. The number of pyridine rings is 2. The minimum Gasteiger partial charge on any atom is -0.339 e. The van der Waals surface area contributed by atoms with Gasteiger partial charge in [-0.25, -0.2) is 9.97 Å². The summed E-state index contributed by atoms with van der Waals surface area (Å²) >= 11 is 0. The summed E-state index contributed by atoms with van der Waals surface area (Å²) in [7, 11) is 0. The smallest absolute Gasteiger partial charge is 0.339 e. The Labute approximate surface area is 173 Å². The van der Waals surface area contributed by atoms with Gasteiger partial charge < -0.3 is 10.3 Å². The molecule has 5 aromatic rings. The Balaban J connectivity index is 1.47. The Hall–Kier alpha value is -4.14. The fraction of sp³-hybridized carbons (Fsp3) is 0.0455. The summed E-state index contributed by atoms with van der Waals surface area (Å²) in [4.78, 5) is 24.0. The number of imidazole rings is 1. The van der Waals surface area contributed by atoms with Crippen LogP contribution >= 0.6 is 0 Å². The third-order valence-electron chi connectivity index (χ3n) is 4.89. The number of anilines is 1. The summed E-state index contributed by atoms with van der Waals surface area (Å²) in [5.74, 6) is -0.00119. The largest absolute Gasteiger partial charge is 0.417 e. The summed E-state index contributed by atoms with van der Waals surface area (Å²) in [6.07, 6.45) is -1.17. The van der Waals surface area contributed by atoms with Gasteiger partial charge in [-0.2, -0.15) is 13.2 Å². The van der Waals surface area contributed by atoms with Crippen LogP contribution in [-0.4, -0.2) is 25.3 Å². The monoisotopic (exact) mass is 421 g/mol. The van der Waals surface area contributed by atoms with Crippen LogP contribution in [0.2, 0.25) is 0 Å². The van der Waals surface area contributed by atoms with Crippen LogP contribution in [0.25, 0.3) is 27.8 Å². The molecule has 0 radical (unpaired) electrons. The van der Waals surface area contributed by atoms with Crippen LogP contribution < -0.4 is 5.32 Å². The lowest BCUT2D eigenvalue weighted by molar-refractivity contribution is -0.137. The maximum absolute atomic E-state index is 13.4. The van der Waals surface area contributed by atoms with Gasteiger partial charge in [0.2, 0.25) is 5.82 Å². The van der Waals surface area contributed by atoms with E-state index in [1.165, 1.54) is 12.1 Å². The Kier molecular flexibility index (Phi) is 4.25. The fourth-order valence-electron chi connectivity index (χ4n) is 3.47. The van der Waals surface area contributed by atoms with Crippen LogP contribution in [0.15, 0.2) is 73.1 Å². The second-order valence-corrected chi connectivity index (χ2v) is 6.89. The molecule has 0 spiro atoms. The molecule has 0 saturated heterocycles. The van der Waals surface area contributed by atoms with Crippen molar-refractivity contribution in [3.8, 4) is 11.3 Å². The van der Waals surface area contributed by atoms with E-state index in [1.54, 1.807) is 47.1 Å². The number of carbonyl (C=O) groups excluding carboxylic acids is 1. The molecule has 0 aliphatic heterocycles. The van der Waals surface area contributed by atoms with Crippen molar-refractivity contribution in [3.63, 3.8) is 0 Å². The molecule has 0 fully saturated rings. The van der Waals surface area contributed by atoms with Gasteiger partial charge in [-0.05, 0) is 36.4 Å². The molecule has 0 aliphatic rings. The first kappa shape index (κ1) is 18.9. The van der Waals surface area contributed by atoms with E-state index in [0.717, 1.165) is 11.6 Å². The molecule has 0 saturated carbocycles. The van der Waals surface area contributed by atoms with Gasteiger partial charge in [0.05, 0.1) is 17.3 Å². The zero-order valence-corrected chi connectivity index (χ0v) is 15.8. The molecule has 2 N–H and O–H groups in total. The number of hydrogen-bond acceptors (Lipinski definition) is 3. The van der Waals surface area contributed by atoms with Gasteiger partial charge in [0.15, 0.2) is 0 Å². The molecule has 4 aromatic heterocycles. The second kappa shape index (κ2) is 6.98. The highest BCUT2D eigenvalue weighted by Gasteiger charge is 2.33. The van der Waals surface area contributed by atoms with E-state index in [4.69, 9.17) is 0 Å². The standard InChI is InChI=1S/C22H14F3N5O/c23-22(24,25)16-7-2-1-6-15(16)17-11-13-8-9-18(28-19(13)27-17)29-21(31)20-26-12-14-5-3-4-10-30(14)20/h1-12H,(H2,27,28,29,31). The first-order chi connectivity index (χ1) is 14.9. The topological polar surface area (TPSA) is 75.1 Å². The number of nitrogens with zero attached hydrogens (tertiary/aromatic N) is 3. The molecule has 9 heteroatoms. The molecular weight excluding hydrogens is 407 g/mol. The summed E-state index contributed by atoms with van der Waals surface area (Å²) in [5, 5.41) is 3.30. The zero-order valence-electron chi connectivity index (χ0n) is 15.8. The first-order valence-corrected chi connectivity index (χ1v) is 9.30. The average Bonchev–Trinajstić information content (AvgIpc) is 3.37. The lowest BCUT2D eigenvalue weighted by Gasteiger charge is -2.11. The van der Waals surface area contributed by atoms with E-state index < -0.39 is 17.6 Å². The van der Waals surface area contributed by atoms with E-state index in [2.05, 4.69) is 20.3 Å². The Morgan fingerprint density at radius 1 is 1.03 bits per heavy atom.